The van der Waals surface area contributed by atoms with Gasteiger partial charge in [-0.15, -0.1) is 0 Å². The van der Waals surface area contributed by atoms with Gasteiger partial charge in [0.2, 0.25) is 0 Å². The van der Waals surface area contributed by atoms with Crippen LogP contribution in [-0.4, -0.2) is 21.4 Å². The van der Waals surface area contributed by atoms with Crippen molar-refractivity contribution in [2.75, 3.05) is 0 Å². The number of nitrogens with one attached hydrogen (secondary N) is 2. The number of carbonyl (C=O) groups excluding carboxylic acids is 2. The molecule has 0 atom stereocenters. The Morgan fingerprint density at radius 3 is 2.50 bits per heavy atom. The highest BCUT2D eigenvalue weighted by Gasteiger charge is 2.14. The fourth-order valence-electron chi connectivity index (χ4n) is 3.13. The molecule has 0 fully saturated rings. The lowest BCUT2D eigenvalue weighted by molar-refractivity contribution is 0.0847. The summed E-state index contributed by atoms with van der Waals surface area (Å²) in [7, 11) is 1.87. The number of carbonyl (C=O) groups is 2. The van der Waals surface area contributed by atoms with E-state index in [9.17, 15) is 9.59 Å². The highest BCUT2D eigenvalue weighted by Crippen LogP contribution is 2.20. The average molecular weight is 400 g/mol. The molecule has 2 heterocycles. The van der Waals surface area contributed by atoms with E-state index in [2.05, 4.69) is 15.8 Å². The molecule has 2 amide bonds. The summed E-state index contributed by atoms with van der Waals surface area (Å²) in [5.41, 5.74) is 7.72. The standard InChI is InChI=1S/C23H20N4O3/c1-27-14-20(19-6-2-3-7-21(19)27)23(29)26-25-22(28)17-8-10-18(11-9-17)30-15-16-5-4-12-24-13-16/h2-14H,15H2,1H3,(H,25,28)(H,26,29). The lowest BCUT2D eigenvalue weighted by Crippen LogP contribution is -2.41. The predicted molar refractivity (Wildman–Crippen MR) is 113 cm³/mol. The molecule has 7 heteroatoms. The van der Waals surface area contributed by atoms with Crippen molar-refractivity contribution in [2.45, 2.75) is 6.61 Å². The summed E-state index contributed by atoms with van der Waals surface area (Å²) in [4.78, 5) is 28.9. The van der Waals surface area contributed by atoms with Gasteiger partial charge in [-0.1, -0.05) is 24.3 Å². The van der Waals surface area contributed by atoms with Gasteiger partial charge in [0.05, 0.1) is 5.56 Å². The normalized spacial score (nSPS) is 10.6. The largest absolute Gasteiger partial charge is 0.489 e. The first-order chi connectivity index (χ1) is 14.6. The minimum absolute atomic E-state index is 0.378. The first kappa shape index (κ1) is 19.2. The number of amides is 2. The number of fused-ring (bicyclic) bond motifs is 1. The zero-order valence-corrected chi connectivity index (χ0v) is 16.3. The molecule has 0 saturated carbocycles. The Bertz CT molecular complexity index is 1180. The Morgan fingerprint density at radius 1 is 0.967 bits per heavy atom. The molecule has 0 bridgehead atoms. The van der Waals surface area contributed by atoms with Crippen LogP contribution in [0.2, 0.25) is 0 Å². The number of hydrogen-bond donors (Lipinski definition) is 2. The summed E-state index contributed by atoms with van der Waals surface area (Å²) in [6.45, 7) is 0.389. The fourth-order valence-corrected chi connectivity index (χ4v) is 3.13. The summed E-state index contributed by atoms with van der Waals surface area (Å²) < 4.78 is 7.55. The second-order valence-corrected chi connectivity index (χ2v) is 6.75. The van der Waals surface area contributed by atoms with Crippen LogP contribution >= 0.6 is 0 Å². The van der Waals surface area contributed by atoms with Crippen molar-refractivity contribution >= 4 is 22.7 Å². The molecule has 0 aliphatic carbocycles. The van der Waals surface area contributed by atoms with Crippen molar-refractivity contribution in [1.82, 2.24) is 20.4 Å². The van der Waals surface area contributed by atoms with Gasteiger partial charge in [-0.3, -0.25) is 25.4 Å². The minimum atomic E-state index is -0.414. The number of hydrogen-bond acceptors (Lipinski definition) is 4. The lowest BCUT2D eigenvalue weighted by Gasteiger charge is -2.09. The number of aromatic nitrogens is 2. The van der Waals surface area contributed by atoms with Crippen LogP contribution in [0, 0.1) is 0 Å². The first-order valence-electron chi connectivity index (χ1n) is 9.38. The summed E-state index contributed by atoms with van der Waals surface area (Å²) in [5, 5.41) is 0.821. The Morgan fingerprint density at radius 2 is 1.73 bits per heavy atom. The van der Waals surface area contributed by atoms with Gasteiger partial charge in [0.25, 0.3) is 11.8 Å². The lowest BCUT2D eigenvalue weighted by atomic mass is 10.2. The molecule has 2 aromatic heterocycles. The summed E-state index contributed by atoms with van der Waals surface area (Å²) in [6.07, 6.45) is 5.18. The van der Waals surface area contributed by atoms with Crippen LogP contribution in [0.3, 0.4) is 0 Å². The van der Waals surface area contributed by atoms with Crippen molar-refractivity contribution in [3.63, 3.8) is 0 Å². The Balaban J connectivity index is 1.35. The van der Waals surface area contributed by atoms with E-state index in [1.165, 1.54) is 0 Å². The van der Waals surface area contributed by atoms with E-state index >= 15 is 0 Å². The first-order valence-corrected chi connectivity index (χ1v) is 9.38. The monoisotopic (exact) mass is 400 g/mol. The van der Waals surface area contributed by atoms with Gasteiger partial charge in [0, 0.05) is 47.7 Å². The second kappa shape index (κ2) is 8.48. The molecule has 0 unspecified atom stereocenters. The van der Waals surface area contributed by atoms with Crippen LogP contribution in [0.4, 0.5) is 0 Å². The molecule has 0 aliphatic rings. The van der Waals surface area contributed by atoms with E-state index in [1.54, 1.807) is 42.9 Å². The maximum Gasteiger partial charge on any atom is 0.271 e. The van der Waals surface area contributed by atoms with Crippen LogP contribution in [0.1, 0.15) is 26.3 Å². The van der Waals surface area contributed by atoms with E-state index in [1.807, 2.05) is 48.0 Å². The van der Waals surface area contributed by atoms with Crippen LogP contribution in [-0.2, 0) is 13.7 Å². The number of para-hydroxylation sites is 1. The molecule has 4 aromatic rings. The molecule has 150 valence electrons. The number of benzene rings is 2. The Hall–Kier alpha value is -4.13. The van der Waals surface area contributed by atoms with Crippen molar-refractivity contribution in [3.8, 4) is 5.75 Å². The molecule has 30 heavy (non-hydrogen) atoms. The van der Waals surface area contributed by atoms with Crippen LogP contribution in [0.25, 0.3) is 10.9 Å². The number of pyridine rings is 1. The molecular formula is C23H20N4O3. The molecule has 0 spiro atoms. The van der Waals surface area contributed by atoms with Gasteiger partial charge in [0.1, 0.15) is 12.4 Å². The van der Waals surface area contributed by atoms with E-state index in [-0.39, 0.29) is 5.91 Å². The van der Waals surface area contributed by atoms with Crippen molar-refractivity contribution in [3.05, 3.63) is 95.9 Å². The van der Waals surface area contributed by atoms with E-state index in [0.29, 0.717) is 23.5 Å². The Kier molecular flexibility index (Phi) is 5.43. The minimum Gasteiger partial charge on any atom is -0.489 e. The quantitative estimate of drug-likeness (QED) is 0.504. The topological polar surface area (TPSA) is 85.2 Å². The van der Waals surface area contributed by atoms with Crippen LogP contribution < -0.4 is 15.6 Å². The molecule has 2 N–H and O–H groups in total. The fraction of sp³-hybridized carbons (Fsp3) is 0.0870. The maximum atomic E-state index is 12.5. The number of ether oxygens (including phenoxy) is 1. The number of hydrazine groups is 1. The van der Waals surface area contributed by atoms with E-state index in [4.69, 9.17) is 4.74 Å². The molecule has 0 radical (unpaired) electrons. The maximum absolute atomic E-state index is 12.5. The third kappa shape index (κ3) is 4.15. The van der Waals surface area contributed by atoms with Crippen molar-refractivity contribution in [2.24, 2.45) is 7.05 Å². The summed E-state index contributed by atoms with van der Waals surface area (Å²) >= 11 is 0. The van der Waals surface area contributed by atoms with Gasteiger partial charge in [-0.2, -0.15) is 0 Å². The second-order valence-electron chi connectivity index (χ2n) is 6.75. The zero-order valence-electron chi connectivity index (χ0n) is 16.3. The van der Waals surface area contributed by atoms with E-state index in [0.717, 1.165) is 16.5 Å². The SMILES string of the molecule is Cn1cc(C(=O)NNC(=O)c2ccc(OCc3cccnc3)cc2)c2ccccc21. The molecule has 7 nitrogen and oxygen atoms in total. The molecule has 2 aromatic carbocycles. The average Bonchev–Trinajstić information content (AvgIpc) is 3.14. The van der Waals surface area contributed by atoms with Gasteiger partial charge in [0.15, 0.2) is 0 Å². The zero-order chi connectivity index (χ0) is 20.9. The van der Waals surface area contributed by atoms with Gasteiger partial charge >= 0.3 is 0 Å². The smallest absolute Gasteiger partial charge is 0.271 e. The van der Waals surface area contributed by atoms with Crippen molar-refractivity contribution in [1.29, 1.82) is 0 Å². The molecule has 4 rings (SSSR count). The molecule has 0 saturated heterocycles. The van der Waals surface area contributed by atoms with E-state index < -0.39 is 5.91 Å². The highest BCUT2D eigenvalue weighted by molar-refractivity contribution is 6.07. The summed E-state index contributed by atoms with van der Waals surface area (Å²) in [6, 6.07) is 18.0. The van der Waals surface area contributed by atoms with Gasteiger partial charge in [-0.25, -0.2) is 0 Å². The third-order valence-corrected chi connectivity index (χ3v) is 4.68. The molecular weight excluding hydrogens is 380 g/mol. The van der Waals surface area contributed by atoms with Gasteiger partial charge in [-0.05, 0) is 36.4 Å². The van der Waals surface area contributed by atoms with Gasteiger partial charge < -0.3 is 9.30 Å². The van der Waals surface area contributed by atoms with Crippen molar-refractivity contribution < 1.29 is 14.3 Å². The summed E-state index contributed by atoms with van der Waals surface area (Å²) in [5.74, 6) is -0.158. The van der Waals surface area contributed by atoms with Crippen LogP contribution in [0.15, 0.2) is 79.3 Å². The Labute approximate surface area is 173 Å². The number of rotatable bonds is 5. The highest BCUT2D eigenvalue weighted by atomic mass is 16.5. The third-order valence-electron chi connectivity index (χ3n) is 4.68. The number of aryl methyl sites for hydroxylation is 1. The number of nitrogens with zero attached hydrogens (tertiary/aromatic N) is 2. The predicted octanol–water partition coefficient (Wildman–Crippen LogP) is 3.23. The molecule has 0 aliphatic heterocycles. The van der Waals surface area contributed by atoms with Crippen LogP contribution in [0.5, 0.6) is 5.75 Å².